The van der Waals surface area contributed by atoms with Crippen molar-refractivity contribution in [1.29, 1.82) is 0 Å². The maximum absolute atomic E-state index is 12.9. The highest BCUT2D eigenvalue weighted by Gasteiger charge is 2.37. The highest BCUT2D eigenvalue weighted by Crippen LogP contribution is 2.42. The second-order valence-electron chi connectivity index (χ2n) is 6.40. The van der Waals surface area contributed by atoms with Crippen LogP contribution in [0.4, 0.5) is 0 Å². The monoisotopic (exact) mass is 255 g/mol. The Bertz CT molecular complexity index is 609. The third-order valence-corrected chi connectivity index (χ3v) is 4.68. The van der Waals surface area contributed by atoms with E-state index in [2.05, 4.69) is 18.8 Å². The Hall–Kier alpha value is -1.57. The Morgan fingerprint density at radius 3 is 2.84 bits per heavy atom. The van der Waals surface area contributed by atoms with Gasteiger partial charge in [0.2, 0.25) is 0 Å². The number of aromatic nitrogens is 1. The number of ketones is 1. The van der Waals surface area contributed by atoms with E-state index >= 15 is 0 Å². The molecular weight excluding hydrogens is 234 g/mol. The predicted molar refractivity (Wildman–Crippen MR) is 78.4 cm³/mol. The number of H-pyrrole nitrogens is 1. The van der Waals surface area contributed by atoms with Crippen LogP contribution in [0.1, 0.15) is 49.9 Å². The predicted octanol–water partition coefficient (Wildman–Crippen LogP) is 4.57. The molecule has 0 spiro atoms. The maximum Gasteiger partial charge on any atom is 0.168 e. The number of benzene rings is 1. The molecule has 0 bridgehead atoms. The van der Waals surface area contributed by atoms with Crippen molar-refractivity contribution in [3.63, 3.8) is 0 Å². The first-order valence-electron chi connectivity index (χ1n) is 7.20. The molecule has 1 aliphatic rings. The minimum absolute atomic E-state index is 0.133. The summed E-state index contributed by atoms with van der Waals surface area (Å²) in [7, 11) is 0. The van der Waals surface area contributed by atoms with E-state index in [0.717, 1.165) is 29.3 Å². The lowest BCUT2D eigenvalue weighted by Crippen LogP contribution is -2.34. The fraction of sp³-hybridized carbons (Fsp3) is 0.471. The fourth-order valence-corrected chi connectivity index (χ4v) is 3.44. The first kappa shape index (κ1) is 12.5. The zero-order chi connectivity index (χ0) is 13.5. The number of hydrogen-bond acceptors (Lipinski definition) is 1. The van der Waals surface area contributed by atoms with Crippen LogP contribution < -0.4 is 0 Å². The van der Waals surface area contributed by atoms with E-state index in [4.69, 9.17) is 0 Å². The van der Waals surface area contributed by atoms with E-state index in [9.17, 15) is 4.79 Å². The number of rotatable bonds is 2. The Balaban J connectivity index is 1.99. The van der Waals surface area contributed by atoms with Crippen LogP contribution in [0.3, 0.4) is 0 Å². The smallest absolute Gasteiger partial charge is 0.168 e. The van der Waals surface area contributed by atoms with Gasteiger partial charge in [0.1, 0.15) is 0 Å². The summed E-state index contributed by atoms with van der Waals surface area (Å²) in [6.07, 6.45) is 6.52. The number of nitrogens with one attached hydrogen (secondary N) is 1. The second-order valence-corrected chi connectivity index (χ2v) is 6.40. The molecule has 1 fully saturated rings. The van der Waals surface area contributed by atoms with Crippen molar-refractivity contribution in [3.8, 4) is 0 Å². The molecule has 1 aliphatic carbocycles. The lowest BCUT2D eigenvalue weighted by molar-refractivity contribution is 0.0699. The molecule has 2 nitrogen and oxygen atoms in total. The van der Waals surface area contributed by atoms with Crippen molar-refractivity contribution in [2.75, 3.05) is 0 Å². The summed E-state index contributed by atoms with van der Waals surface area (Å²) in [6, 6.07) is 8.06. The molecule has 3 rings (SSSR count). The molecule has 1 atom stereocenters. The van der Waals surface area contributed by atoms with Gasteiger partial charge in [0.05, 0.1) is 0 Å². The second kappa shape index (κ2) is 4.52. The number of para-hydroxylation sites is 1. The van der Waals surface area contributed by atoms with E-state index < -0.39 is 0 Å². The van der Waals surface area contributed by atoms with Crippen molar-refractivity contribution < 1.29 is 4.79 Å². The number of fused-ring (bicyclic) bond motifs is 1. The Kier molecular flexibility index (Phi) is 2.96. The standard InChI is InChI=1S/C17H21NO/c1-17(2)10-6-5-8-14(17)16(19)13-11-18-15-9-4-3-7-12(13)15/h3-4,7,9,11,14,18H,5-6,8,10H2,1-2H3. The van der Waals surface area contributed by atoms with Crippen LogP contribution in [-0.2, 0) is 0 Å². The molecule has 1 saturated carbocycles. The molecule has 1 unspecified atom stereocenters. The summed E-state index contributed by atoms with van der Waals surface area (Å²) in [5.41, 5.74) is 2.06. The summed E-state index contributed by atoms with van der Waals surface area (Å²) in [5, 5.41) is 1.06. The van der Waals surface area contributed by atoms with Gasteiger partial charge in [0.15, 0.2) is 5.78 Å². The molecule has 0 aliphatic heterocycles. The van der Waals surface area contributed by atoms with E-state index in [1.807, 2.05) is 30.5 Å². The highest BCUT2D eigenvalue weighted by molar-refractivity contribution is 6.09. The zero-order valence-electron chi connectivity index (χ0n) is 11.7. The summed E-state index contributed by atoms with van der Waals surface area (Å²) in [6.45, 7) is 4.48. The van der Waals surface area contributed by atoms with E-state index in [0.29, 0.717) is 5.78 Å². The molecule has 0 saturated heterocycles. The lowest BCUT2D eigenvalue weighted by atomic mass is 9.66. The lowest BCUT2D eigenvalue weighted by Gasteiger charge is -2.37. The third kappa shape index (κ3) is 2.09. The molecule has 0 amide bonds. The van der Waals surface area contributed by atoms with Gasteiger partial charge >= 0.3 is 0 Å². The largest absolute Gasteiger partial charge is 0.360 e. The van der Waals surface area contributed by atoms with Gasteiger partial charge in [-0.05, 0) is 24.3 Å². The zero-order valence-corrected chi connectivity index (χ0v) is 11.7. The van der Waals surface area contributed by atoms with Crippen LogP contribution >= 0.6 is 0 Å². The van der Waals surface area contributed by atoms with Gasteiger partial charge in [0.25, 0.3) is 0 Å². The van der Waals surface area contributed by atoms with Crippen LogP contribution in [0.5, 0.6) is 0 Å². The Morgan fingerprint density at radius 1 is 1.26 bits per heavy atom. The summed E-state index contributed by atoms with van der Waals surface area (Å²) in [5.74, 6) is 0.489. The van der Waals surface area contributed by atoms with Crippen LogP contribution in [0, 0.1) is 11.3 Å². The van der Waals surface area contributed by atoms with E-state index in [1.165, 1.54) is 12.8 Å². The molecule has 1 N–H and O–H groups in total. The highest BCUT2D eigenvalue weighted by atomic mass is 16.1. The van der Waals surface area contributed by atoms with Crippen molar-refractivity contribution in [1.82, 2.24) is 4.98 Å². The molecule has 2 heteroatoms. The van der Waals surface area contributed by atoms with Crippen LogP contribution in [0.2, 0.25) is 0 Å². The van der Waals surface area contributed by atoms with Crippen molar-refractivity contribution in [3.05, 3.63) is 36.0 Å². The molecule has 19 heavy (non-hydrogen) atoms. The minimum atomic E-state index is 0.133. The first-order valence-corrected chi connectivity index (χ1v) is 7.20. The van der Waals surface area contributed by atoms with Gasteiger partial charge < -0.3 is 4.98 Å². The number of Topliss-reactive ketones (excluding diaryl/α,β-unsaturated/α-hetero) is 1. The van der Waals surface area contributed by atoms with Gasteiger partial charge in [0, 0.05) is 28.6 Å². The number of carbonyl (C=O) groups excluding carboxylic acids is 1. The average molecular weight is 255 g/mol. The van der Waals surface area contributed by atoms with Crippen LogP contribution in [0.25, 0.3) is 10.9 Å². The van der Waals surface area contributed by atoms with Crippen molar-refractivity contribution in [2.45, 2.75) is 39.5 Å². The first-order chi connectivity index (χ1) is 9.09. The SMILES string of the molecule is CC1(C)CCCCC1C(=O)c1c[nH]c2ccccc12. The summed E-state index contributed by atoms with van der Waals surface area (Å²) < 4.78 is 0. The summed E-state index contributed by atoms with van der Waals surface area (Å²) in [4.78, 5) is 16.1. The molecule has 100 valence electrons. The normalized spacial score (nSPS) is 22.5. The van der Waals surface area contributed by atoms with Crippen LogP contribution in [-0.4, -0.2) is 10.8 Å². The summed E-state index contributed by atoms with van der Waals surface area (Å²) >= 11 is 0. The van der Waals surface area contributed by atoms with Gasteiger partial charge in [-0.15, -0.1) is 0 Å². The topological polar surface area (TPSA) is 32.9 Å². The quantitative estimate of drug-likeness (QED) is 0.783. The molecular formula is C17H21NO. The maximum atomic E-state index is 12.9. The average Bonchev–Trinajstić information content (AvgIpc) is 2.81. The van der Waals surface area contributed by atoms with Crippen molar-refractivity contribution >= 4 is 16.7 Å². The van der Waals surface area contributed by atoms with Crippen molar-refractivity contribution in [2.24, 2.45) is 11.3 Å². The minimum Gasteiger partial charge on any atom is -0.360 e. The van der Waals surface area contributed by atoms with E-state index in [-0.39, 0.29) is 11.3 Å². The van der Waals surface area contributed by atoms with Gasteiger partial charge in [-0.3, -0.25) is 4.79 Å². The van der Waals surface area contributed by atoms with Gasteiger partial charge in [-0.2, -0.15) is 0 Å². The Labute approximate surface area is 114 Å². The third-order valence-electron chi connectivity index (χ3n) is 4.68. The fourth-order valence-electron chi connectivity index (χ4n) is 3.44. The molecule has 0 radical (unpaired) electrons. The molecule has 1 aromatic carbocycles. The number of hydrogen-bond donors (Lipinski definition) is 1. The number of carbonyl (C=O) groups is 1. The molecule has 1 aromatic heterocycles. The van der Waals surface area contributed by atoms with Crippen LogP contribution in [0.15, 0.2) is 30.5 Å². The van der Waals surface area contributed by atoms with Gasteiger partial charge in [-0.1, -0.05) is 44.9 Å². The van der Waals surface area contributed by atoms with Gasteiger partial charge in [-0.25, -0.2) is 0 Å². The number of aromatic amines is 1. The molecule has 1 heterocycles. The Morgan fingerprint density at radius 2 is 2.05 bits per heavy atom. The molecule has 2 aromatic rings. The van der Waals surface area contributed by atoms with E-state index in [1.54, 1.807) is 0 Å².